The van der Waals surface area contributed by atoms with Crippen LogP contribution in [0.5, 0.6) is 0 Å². The molecular formula is C70H108N6O2. The fourth-order valence-corrected chi connectivity index (χ4v) is 11.8. The van der Waals surface area contributed by atoms with E-state index in [9.17, 15) is 9.59 Å². The van der Waals surface area contributed by atoms with Crippen LogP contribution >= 0.6 is 0 Å². The summed E-state index contributed by atoms with van der Waals surface area (Å²) in [7, 11) is 0. The maximum atomic E-state index is 13.5. The van der Waals surface area contributed by atoms with E-state index in [0.29, 0.717) is 38.8 Å². The van der Waals surface area contributed by atoms with Crippen molar-refractivity contribution < 1.29 is 9.59 Å². The smallest absolute Gasteiger partial charge is 0.220 e. The maximum absolute atomic E-state index is 13.5. The van der Waals surface area contributed by atoms with Gasteiger partial charge in [-0.25, -0.2) is 9.97 Å². The molecule has 0 spiro atoms. The van der Waals surface area contributed by atoms with Crippen LogP contribution in [0.15, 0.2) is 37.4 Å². The van der Waals surface area contributed by atoms with Crippen LogP contribution in [0.2, 0.25) is 0 Å². The van der Waals surface area contributed by atoms with Gasteiger partial charge < -0.3 is 20.6 Å². The van der Waals surface area contributed by atoms with E-state index < -0.39 is 0 Å². The number of aromatic amines is 2. The molecular weight excluding hydrogens is 957 g/mol. The molecule has 0 radical (unpaired) electrons. The molecule has 5 rings (SSSR count). The number of amides is 2. The average molecular weight is 1070 g/mol. The summed E-state index contributed by atoms with van der Waals surface area (Å²) >= 11 is 0. The molecule has 0 saturated heterocycles. The standard InChI is InChI=1S/C70H108N6O2/c1-9-13-15-17-19-21-23-25-27-29-31-33-35-37-39-41-47-71-69(77)45-43-59-55(7)62-49-61-53(5)57(11-3)65(73-61)50-63-54(6)58(12-4)66(74-63)51-64-56(8)60(68(76-64)52-67(59)75-62)44-46-70(78)72-48-42-40-38-36-34-32-30-28-26-24-22-20-18-16-14-10-2/h11-12,49-52,73-74H,3-4,9-10,13-48H2,1-2,5-8H3,(H,71,77)(H,72,78). The van der Waals surface area contributed by atoms with Crippen LogP contribution in [0.1, 0.15) is 304 Å². The van der Waals surface area contributed by atoms with Gasteiger partial charge in [-0.2, -0.15) is 0 Å². The summed E-state index contributed by atoms with van der Waals surface area (Å²) in [4.78, 5) is 44.9. The van der Waals surface area contributed by atoms with Crippen LogP contribution in [0.25, 0.3) is 56.5 Å². The van der Waals surface area contributed by atoms with E-state index in [2.05, 4.69) is 99.6 Å². The first-order valence-electron chi connectivity index (χ1n) is 32.0. The average Bonchev–Trinajstić information content (AvgIpc) is 4.13. The minimum Gasteiger partial charge on any atom is -0.356 e. The first kappa shape index (κ1) is 63.8. The molecule has 2 aliphatic rings. The molecule has 8 nitrogen and oxygen atoms in total. The highest BCUT2D eigenvalue weighted by Gasteiger charge is 2.23. The highest BCUT2D eigenvalue weighted by atomic mass is 16.2. The number of carbonyl (C=O) groups excluding carboxylic acids is 2. The van der Waals surface area contributed by atoms with E-state index >= 15 is 0 Å². The van der Waals surface area contributed by atoms with Crippen molar-refractivity contribution in [3.63, 3.8) is 0 Å². The highest BCUT2D eigenvalue weighted by Crippen LogP contribution is 2.38. The zero-order valence-electron chi connectivity index (χ0n) is 50.5. The first-order chi connectivity index (χ1) is 38.1. The normalized spacial score (nSPS) is 12.5. The molecule has 0 saturated carbocycles. The zero-order chi connectivity index (χ0) is 55.7. The molecule has 0 unspecified atom stereocenters. The number of H-pyrrole nitrogens is 2. The van der Waals surface area contributed by atoms with E-state index in [1.807, 2.05) is 12.2 Å². The molecule has 5 heterocycles. The van der Waals surface area contributed by atoms with Crippen LogP contribution in [0.4, 0.5) is 0 Å². The SMILES string of the molecule is C=Cc1c(C)c2cc3[nH]c(cc4nc(cc5nc(cc1[nH]2)C(C)=C5CCC(=O)NCCCCCCCCCCCCCCCCCC)C(CCC(=O)NCCCCCCCCCCCCCCCCCC)=C4C)c(C)c3C=C. The minimum absolute atomic E-state index is 0.0744. The first-order valence-corrected chi connectivity index (χ1v) is 32.0. The Labute approximate surface area is 474 Å². The Morgan fingerprint density at radius 1 is 0.410 bits per heavy atom. The van der Waals surface area contributed by atoms with Gasteiger partial charge in [0.25, 0.3) is 0 Å². The van der Waals surface area contributed by atoms with E-state index in [1.165, 1.54) is 180 Å². The number of nitrogens with one attached hydrogen (secondary N) is 4. The van der Waals surface area contributed by atoms with Crippen LogP contribution in [-0.4, -0.2) is 44.8 Å². The number of carbonyl (C=O) groups is 2. The van der Waals surface area contributed by atoms with Crippen LogP contribution < -0.4 is 10.6 Å². The van der Waals surface area contributed by atoms with Gasteiger partial charge in [-0.15, -0.1) is 0 Å². The molecule has 0 fully saturated rings. The molecule has 0 aromatic carbocycles. The third-order valence-corrected chi connectivity index (χ3v) is 17.0. The summed E-state index contributed by atoms with van der Waals surface area (Å²) in [5.74, 6) is 0.150. The Morgan fingerprint density at radius 2 is 0.705 bits per heavy atom. The number of aromatic nitrogens is 4. The monoisotopic (exact) mass is 1060 g/mol. The second-order valence-corrected chi connectivity index (χ2v) is 23.2. The fourth-order valence-electron chi connectivity index (χ4n) is 11.8. The molecule has 0 aliphatic carbocycles. The Hall–Kier alpha value is -4.98. The molecule has 3 aromatic heterocycles. The number of unbranched alkanes of at least 4 members (excludes halogenated alkanes) is 30. The second kappa shape index (κ2) is 37.0. The maximum Gasteiger partial charge on any atom is 0.220 e. The minimum atomic E-state index is 0.0744. The van der Waals surface area contributed by atoms with Crippen molar-refractivity contribution in [2.24, 2.45) is 0 Å². The van der Waals surface area contributed by atoms with Crippen molar-refractivity contribution in [2.75, 3.05) is 13.1 Å². The second-order valence-electron chi connectivity index (χ2n) is 23.2. The lowest BCUT2D eigenvalue weighted by Crippen LogP contribution is -2.24. The van der Waals surface area contributed by atoms with Crippen molar-refractivity contribution in [2.45, 2.75) is 273 Å². The third kappa shape index (κ3) is 21.6. The molecule has 3 aromatic rings. The largest absolute Gasteiger partial charge is 0.356 e. The fraction of sp³-hybridized carbons (Fsp3) is 0.629. The summed E-state index contributed by atoms with van der Waals surface area (Å²) in [5, 5.41) is 6.47. The summed E-state index contributed by atoms with van der Waals surface area (Å²) in [6.45, 7) is 22.9. The lowest BCUT2D eigenvalue weighted by Gasteiger charge is -2.09. The van der Waals surface area contributed by atoms with Gasteiger partial charge in [0.2, 0.25) is 11.8 Å². The van der Waals surface area contributed by atoms with Gasteiger partial charge in [0.05, 0.1) is 22.8 Å². The number of hydrogen-bond donors (Lipinski definition) is 4. The number of fused-ring (bicyclic) bond motifs is 8. The number of hydrogen-bond acceptors (Lipinski definition) is 4. The van der Waals surface area contributed by atoms with Crippen LogP contribution in [-0.2, 0) is 9.59 Å². The molecule has 0 atom stereocenters. The third-order valence-electron chi connectivity index (χ3n) is 17.0. The van der Waals surface area contributed by atoms with Gasteiger partial charge in [-0.1, -0.05) is 232 Å². The van der Waals surface area contributed by atoms with Crippen molar-refractivity contribution in [1.29, 1.82) is 0 Å². The van der Waals surface area contributed by atoms with Gasteiger partial charge in [-0.3, -0.25) is 9.59 Å². The van der Waals surface area contributed by atoms with Crippen molar-refractivity contribution >= 4 is 68.3 Å². The molecule has 8 bridgehead atoms. The molecule has 4 N–H and O–H groups in total. The summed E-state index contributed by atoms with van der Waals surface area (Å²) in [6.07, 6.45) is 48.4. The molecule has 8 heteroatoms. The highest BCUT2D eigenvalue weighted by molar-refractivity contribution is 5.97. The predicted molar refractivity (Wildman–Crippen MR) is 339 cm³/mol. The Balaban J connectivity index is 1.19. The Bertz CT molecular complexity index is 2550. The molecule has 78 heavy (non-hydrogen) atoms. The predicted octanol–water partition coefficient (Wildman–Crippen LogP) is 20.4. The number of nitrogens with zero attached hydrogens (tertiary/aromatic N) is 2. The van der Waals surface area contributed by atoms with Crippen LogP contribution in [0, 0.1) is 13.8 Å². The Kier molecular flexibility index (Phi) is 30.3. The quantitative estimate of drug-likeness (QED) is 0.0423. The van der Waals surface area contributed by atoms with Crippen molar-refractivity contribution in [3.05, 3.63) is 82.5 Å². The number of rotatable bonds is 42. The van der Waals surface area contributed by atoms with Crippen molar-refractivity contribution in [3.8, 4) is 0 Å². The summed E-state index contributed by atoms with van der Waals surface area (Å²) in [5.41, 5.74) is 15.7. The van der Waals surface area contributed by atoms with Crippen LogP contribution in [0.3, 0.4) is 0 Å². The summed E-state index contributed by atoms with van der Waals surface area (Å²) < 4.78 is 0. The van der Waals surface area contributed by atoms with Gasteiger partial charge in [0.1, 0.15) is 0 Å². The topological polar surface area (TPSA) is 116 Å². The van der Waals surface area contributed by atoms with E-state index in [0.717, 1.165) is 115 Å². The summed E-state index contributed by atoms with van der Waals surface area (Å²) in [6, 6.07) is 8.51. The van der Waals surface area contributed by atoms with Gasteiger partial charge in [-0.05, 0) is 111 Å². The lowest BCUT2D eigenvalue weighted by molar-refractivity contribution is -0.121. The van der Waals surface area contributed by atoms with Gasteiger partial charge in [0, 0.05) is 59.1 Å². The van der Waals surface area contributed by atoms with Gasteiger partial charge >= 0.3 is 0 Å². The van der Waals surface area contributed by atoms with Gasteiger partial charge in [0.15, 0.2) is 0 Å². The molecule has 2 aliphatic heterocycles. The number of allylic oxidation sites excluding steroid dienone is 4. The number of aryl methyl sites for hydroxylation is 2. The lowest BCUT2D eigenvalue weighted by atomic mass is 9.98. The van der Waals surface area contributed by atoms with E-state index in [-0.39, 0.29) is 11.8 Å². The molecule has 430 valence electrons. The van der Waals surface area contributed by atoms with E-state index in [4.69, 9.17) is 9.97 Å². The molecule has 2 amide bonds. The van der Waals surface area contributed by atoms with E-state index in [1.54, 1.807) is 0 Å². The van der Waals surface area contributed by atoms with Crippen molar-refractivity contribution in [1.82, 2.24) is 30.6 Å². The zero-order valence-corrected chi connectivity index (χ0v) is 50.5. The Morgan fingerprint density at radius 3 is 1.04 bits per heavy atom.